The molecule has 4 heteroatoms. The molecule has 0 amide bonds. The Morgan fingerprint density at radius 2 is 1.92 bits per heavy atom. The van der Waals surface area contributed by atoms with E-state index >= 15 is 0 Å². The molecule has 3 nitrogen and oxygen atoms in total. The number of nitrogens with zero attached hydrogens (tertiary/aromatic N) is 1. The highest BCUT2D eigenvalue weighted by Gasteiger charge is 2.11. The highest BCUT2D eigenvalue weighted by molar-refractivity contribution is 9.10. The Balaban J connectivity index is 2.53. The summed E-state index contributed by atoms with van der Waals surface area (Å²) in [7, 11) is 0. The zero-order chi connectivity index (χ0) is 9.26. The summed E-state index contributed by atoms with van der Waals surface area (Å²) in [6.45, 7) is 0. The van der Waals surface area contributed by atoms with Crippen LogP contribution < -0.4 is 5.73 Å². The van der Waals surface area contributed by atoms with E-state index in [1.165, 1.54) is 0 Å². The van der Waals surface area contributed by atoms with Gasteiger partial charge in [0.15, 0.2) is 10.4 Å². The van der Waals surface area contributed by atoms with Gasteiger partial charge in [0.25, 0.3) is 0 Å². The highest BCUT2D eigenvalue weighted by Crippen LogP contribution is 2.30. The molecule has 1 heterocycles. The molecule has 2 aromatic rings. The number of nitrogen functional groups attached to an aromatic ring is 1. The standard InChI is InChI=1S/C9H7BrN2O/c10-9-7(11)8(13-12-9)6-4-2-1-3-5-6/h1-5H,11H2. The molecule has 66 valence electrons. The van der Waals surface area contributed by atoms with Crippen molar-refractivity contribution in [1.82, 2.24) is 5.16 Å². The third kappa shape index (κ3) is 1.45. The molecule has 0 bridgehead atoms. The zero-order valence-electron chi connectivity index (χ0n) is 6.70. The molecule has 0 saturated carbocycles. The van der Waals surface area contributed by atoms with Gasteiger partial charge in [-0.05, 0) is 15.9 Å². The number of rotatable bonds is 1. The Labute approximate surface area is 83.7 Å². The van der Waals surface area contributed by atoms with Gasteiger partial charge < -0.3 is 10.3 Å². The van der Waals surface area contributed by atoms with Gasteiger partial charge in [0.2, 0.25) is 0 Å². The van der Waals surface area contributed by atoms with Crippen LogP contribution in [0.5, 0.6) is 0 Å². The third-order valence-corrected chi connectivity index (χ3v) is 2.29. The number of anilines is 1. The molecule has 0 saturated heterocycles. The summed E-state index contributed by atoms with van der Waals surface area (Å²) in [5.74, 6) is 0.604. The van der Waals surface area contributed by atoms with Gasteiger partial charge in [0.05, 0.1) is 0 Å². The van der Waals surface area contributed by atoms with Crippen LogP contribution in [0.15, 0.2) is 39.5 Å². The molecule has 0 unspecified atom stereocenters. The zero-order valence-corrected chi connectivity index (χ0v) is 8.28. The van der Waals surface area contributed by atoms with Crippen LogP contribution in [0.4, 0.5) is 5.69 Å². The molecule has 0 spiro atoms. The second-order valence-corrected chi connectivity index (χ2v) is 3.33. The number of hydrogen-bond donors (Lipinski definition) is 1. The van der Waals surface area contributed by atoms with Crippen molar-refractivity contribution in [3.05, 3.63) is 34.9 Å². The van der Waals surface area contributed by atoms with Crippen molar-refractivity contribution in [2.45, 2.75) is 0 Å². The Morgan fingerprint density at radius 3 is 2.46 bits per heavy atom. The first-order valence-corrected chi connectivity index (χ1v) is 4.54. The summed E-state index contributed by atoms with van der Waals surface area (Å²) < 4.78 is 5.61. The van der Waals surface area contributed by atoms with E-state index in [1.807, 2.05) is 30.3 Å². The van der Waals surface area contributed by atoms with Crippen molar-refractivity contribution in [2.75, 3.05) is 5.73 Å². The topological polar surface area (TPSA) is 52.0 Å². The minimum absolute atomic E-state index is 0.534. The molecule has 0 aliphatic heterocycles. The van der Waals surface area contributed by atoms with Crippen LogP contribution in [-0.2, 0) is 0 Å². The van der Waals surface area contributed by atoms with E-state index in [0.717, 1.165) is 5.56 Å². The normalized spacial score (nSPS) is 10.2. The first-order valence-electron chi connectivity index (χ1n) is 3.75. The average Bonchev–Trinajstić information content (AvgIpc) is 2.49. The number of aromatic nitrogens is 1. The molecule has 0 radical (unpaired) electrons. The van der Waals surface area contributed by atoms with Gasteiger partial charge in [0, 0.05) is 5.56 Å². The number of benzene rings is 1. The van der Waals surface area contributed by atoms with Gasteiger partial charge in [-0.25, -0.2) is 0 Å². The van der Waals surface area contributed by atoms with Crippen LogP contribution in [-0.4, -0.2) is 5.16 Å². The summed E-state index contributed by atoms with van der Waals surface area (Å²) in [5, 5.41) is 3.71. The van der Waals surface area contributed by atoms with Gasteiger partial charge in [-0.2, -0.15) is 0 Å². The van der Waals surface area contributed by atoms with Crippen molar-refractivity contribution >= 4 is 21.6 Å². The molecule has 0 fully saturated rings. The Bertz CT molecular complexity index is 411. The molecule has 0 aliphatic rings. The lowest BCUT2D eigenvalue weighted by atomic mass is 10.1. The van der Waals surface area contributed by atoms with E-state index < -0.39 is 0 Å². The average molecular weight is 239 g/mol. The molecule has 13 heavy (non-hydrogen) atoms. The van der Waals surface area contributed by atoms with Crippen LogP contribution in [0.1, 0.15) is 0 Å². The van der Waals surface area contributed by atoms with Gasteiger partial charge >= 0.3 is 0 Å². The lowest BCUT2D eigenvalue weighted by Gasteiger charge is -1.94. The van der Waals surface area contributed by atoms with Crippen LogP contribution in [0.25, 0.3) is 11.3 Å². The number of halogens is 1. The first-order chi connectivity index (χ1) is 6.29. The van der Waals surface area contributed by atoms with Crippen molar-refractivity contribution in [2.24, 2.45) is 0 Å². The fourth-order valence-corrected chi connectivity index (χ4v) is 1.33. The molecule has 2 N–H and O–H groups in total. The molecule has 0 aliphatic carbocycles. The molecule has 1 aromatic carbocycles. The molecule has 0 atom stereocenters. The lowest BCUT2D eigenvalue weighted by molar-refractivity contribution is 0.428. The maximum atomic E-state index is 5.73. The predicted octanol–water partition coefficient (Wildman–Crippen LogP) is 2.69. The summed E-state index contributed by atoms with van der Waals surface area (Å²) in [4.78, 5) is 0. The van der Waals surface area contributed by atoms with E-state index in [-0.39, 0.29) is 0 Å². The lowest BCUT2D eigenvalue weighted by Crippen LogP contribution is -1.85. The second-order valence-electron chi connectivity index (χ2n) is 2.58. The maximum absolute atomic E-state index is 5.73. The van der Waals surface area contributed by atoms with Gasteiger partial charge in [-0.1, -0.05) is 35.5 Å². The van der Waals surface area contributed by atoms with Crippen molar-refractivity contribution in [3.63, 3.8) is 0 Å². The minimum atomic E-state index is 0.534. The molecular formula is C9H7BrN2O. The summed E-state index contributed by atoms with van der Waals surface area (Å²) in [6.07, 6.45) is 0. The Morgan fingerprint density at radius 1 is 1.23 bits per heavy atom. The smallest absolute Gasteiger partial charge is 0.190 e. The van der Waals surface area contributed by atoms with Gasteiger partial charge in [0.1, 0.15) is 5.69 Å². The van der Waals surface area contributed by atoms with Gasteiger partial charge in [-0.15, -0.1) is 0 Å². The van der Waals surface area contributed by atoms with E-state index in [1.54, 1.807) is 0 Å². The Hall–Kier alpha value is -1.29. The van der Waals surface area contributed by atoms with E-state index in [4.69, 9.17) is 10.3 Å². The summed E-state index contributed by atoms with van der Waals surface area (Å²) in [5.41, 5.74) is 7.19. The van der Waals surface area contributed by atoms with E-state index in [0.29, 0.717) is 16.1 Å². The fourth-order valence-electron chi connectivity index (χ4n) is 1.08. The van der Waals surface area contributed by atoms with Crippen LogP contribution in [0.2, 0.25) is 0 Å². The largest absolute Gasteiger partial charge is 0.393 e. The number of hydrogen-bond acceptors (Lipinski definition) is 3. The quantitative estimate of drug-likeness (QED) is 0.832. The Kier molecular flexibility index (Phi) is 2.06. The summed E-state index contributed by atoms with van der Waals surface area (Å²) >= 11 is 3.18. The van der Waals surface area contributed by atoms with Crippen molar-refractivity contribution in [1.29, 1.82) is 0 Å². The highest BCUT2D eigenvalue weighted by atomic mass is 79.9. The summed E-state index contributed by atoms with van der Waals surface area (Å²) in [6, 6.07) is 9.62. The monoisotopic (exact) mass is 238 g/mol. The van der Waals surface area contributed by atoms with Crippen LogP contribution >= 0.6 is 15.9 Å². The van der Waals surface area contributed by atoms with E-state index in [9.17, 15) is 0 Å². The van der Waals surface area contributed by atoms with Crippen molar-refractivity contribution < 1.29 is 4.52 Å². The van der Waals surface area contributed by atoms with Crippen molar-refractivity contribution in [3.8, 4) is 11.3 Å². The molecule has 1 aromatic heterocycles. The van der Waals surface area contributed by atoms with Crippen LogP contribution in [0, 0.1) is 0 Å². The van der Waals surface area contributed by atoms with Gasteiger partial charge in [-0.3, -0.25) is 0 Å². The fraction of sp³-hybridized carbons (Fsp3) is 0. The maximum Gasteiger partial charge on any atom is 0.190 e. The molecular weight excluding hydrogens is 232 g/mol. The first kappa shape index (κ1) is 8.31. The second kappa shape index (κ2) is 3.22. The third-order valence-electron chi connectivity index (χ3n) is 1.72. The van der Waals surface area contributed by atoms with E-state index in [2.05, 4.69) is 21.1 Å². The van der Waals surface area contributed by atoms with Crippen LogP contribution in [0.3, 0.4) is 0 Å². The SMILES string of the molecule is Nc1c(Br)noc1-c1ccccc1. The predicted molar refractivity (Wildman–Crippen MR) is 54.1 cm³/mol. The number of nitrogens with two attached hydrogens (primary N) is 1. The minimum Gasteiger partial charge on any atom is -0.393 e. The molecule has 2 rings (SSSR count).